The van der Waals surface area contributed by atoms with Gasteiger partial charge in [0.25, 0.3) is 0 Å². The Morgan fingerprint density at radius 1 is 1.06 bits per heavy atom. The van der Waals surface area contributed by atoms with Crippen molar-refractivity contribution in [3.05, 3.63) is 82.7 Å². The number of fused-ring (bicyclic) bond motifs is 1. The predicted molar refractivity (Wildman–Crippen MR) is 131 cm³/mol. The van der Waals surface area contributed by atoms with E-state index < -0.39 is 17.9 Å². The van der Waals surface area contributed by atoms with Crippen LogP contribution in [0.2, 0.25) is 0 Å². The summed E-state index contributed by atoms with van der Waals surface area (Å²) in [7, 11) is 0. The smallest absolute Gasteiger partial charge is 0.163 e. The highest BCUT2D eigenvalue weighted by Gasteiger charge is 2.26. The summed E-state index contributed by atoms with van der Waals surface area (Å²) in [6.45, 7) is 3.73. The first-order valence-electron chi connectivity index (χ1n) is 10.8. The van der Waals surface area contributed by atoms with Crippen molar-refractivity contribution in [2.45, 2.75) is 32.4 Å². The molecule has 0 aliphatic heterocycles. The number of aromatic nitrogens is 4. The molecule has 0 radical (unpaired) electrons. The van der Waals surface area contributed by atoms with Crippen LogP contribution in [0.15, 0.2) is 58.7 Å². The highest BCUT2D eigenvalue weighted by atomic mass is 32.1. The van der Waals surface area contributed by atoms with Crippen LogP contribution in [0, 0.1) is 19.7 Å². The van der Waals surface area contributed by atoms with Crippen molar-refractivity contribution in [1.29, 1.82) is 0 Å². The third kappa shape index (κ3) is 3.98. The standard InChI is InChI=1S/C25H23FN6OS/c1-13-20(14(2)33-32-13)17-12-34-24-22(17)30-25(16-8-9-29-11-18(16)26)31-23(24)21(28)19(27)10-15-6-4-3-5-7-15/h3-9,11-12,19,21H,10,27-28H2,1-2H3. The fraction of sp³-hybridized carbons (Fsp3) is 0.200. The monoisotopic (exact) mass is 474 g/mol. The van der Waals surface area contributed by atoms with Crippen molar-refractivity contribution in [2.24, 2.45) is 11.5 Å². The lowest BCUT2D eigenvalue weighted by Crippen LogP contribution is -2.36. The quantitative estimate of drug-likeness (QED) is 0.365. The van der Waals surface area contributed by atoms with Crippen molar-refractivity contribution in [3.63, 3.8) is 0 Å². The number of rotatable bonds is 6. The van der Waals surface area contributed by atoms with Crippen LogP contribution in [0.5, 0.6) is 0 Å². The summed E-state index contributed by atoms with van der Waals surface area (Å²) in [6.07, 6.45) is 3.23. The number of thiophene rings is 1. The van der Waals surface area contributed by atoms with E-state index in [0.29, 0.717) is 23.4 Å². The molecule has 4 aromatic heterocycles. The van der Waals surface area contributed by atoms with Crippen molar-refractivity contribution in [1.82, 2.24) is 20.1 Å². The van der Waals surface area contributed by atoms with Crippen LogP contribution in [0.3, 0.4) is 0 Å². The Hall–Kier alpha value is -3.53. The zero-order valence-electron chi connectivity index (χ0n) is 18.7. The Kier molecular flexibility index (Phi) is 5.91. The summed E-state index contributed by atoms with van der Waals surface area (Å²) in [4.78, 5) is 13.3. The minimum Gasteiger partial charge on any atom is -0.361 e. The van der Waals surface area contributed by atoms with Crippen LogP contribution < -0.4 is 11.5 Å². The summed E-state index contributed by atoms with van der Waals surface area (Å²) in [5.74, 6) is 0.402. The average Bonchev–Trinajstić information content (AvgIpc) is 3.40. The normalized spacial score (nSPS) is 13.3. The van der Waals surface area contributed by atoms with Crippen LogP contribution in [0.1, 0.15) is 28.8 Å². The first-order valence-corrected chi connectivity index (χ1v) is 11.7. The van der Waals surface area contributed by atoms with Crippen LogP contribution in [-0.4, -0.2) is 26.2 Å². The van der Waals surface area contributed by atoms with E-state index in [-0.39, 0.29) is 11.4 Å². The van der Waals surface area contributed by atoms with Gasteiger partial charge in [-0.3, -0.25) is 4.98 Å². The van der Waals surface area contributed by atoms with E-state index in [1.807, 2.05) is 49.6 Å². The molecule has 0 spiro atoms. The molecule has 0 aliphatic rings. The summed E-state index contributed by atoms with van der Waals surface area (Å²) < 4.78 is 20.9. The van der Waals surface area contributed by atoms with Gasteiger partial charge in [-0.25, -0.2) is 14.4 Å². The molecule has 0 fully saturated rings. The first-order chi connectivity index (χ1) is 16.4. The second kappa shape index (κ2) is 9.02. The van der Waals surface area contributed by atoms with Gasteiger partial charge in [0.05, 0.1) is 45.0 Å². The molecule has 4 heterocycles. The lowest BCUT2D eigenvalue weighted by molar-refractivity contribution is 0.393. The van der Waals surface area contributed by atoms with E-state index in [4.69, 9.17) is 26.0 Å². The summed E-state index contributed by atoms with van der Waals surface area (Å²) in [5.41, 5.74) is 18.3. The summed E-state index contributed by atoms with van der Waals surface area (Å²) in [5, 5.41) is 6.06. The molecule has 9 heteroatoms. The van der Waals surface area contributed by atoms with E-state index in [1.165, 1.54) is 17.5 Å². The minimum atomic E-state index is -0.592. The number of pyridine rings is 1. The van der Waals surface area contributed by atoms with Gasteiger partial charge < -0.3 is 16.0 Å². The van der Waals surface area contributed by atoms with Crippen molar-refractivity contribution >= 4 is 21.6 Å². The largest absolute Gasteiger partial charge is 0.361 e. The molecule has 2 atom stereocenters. The van der Waals surface area contributed by atoms with Crippen molar-refractivity contribution < 1.29 is 8.91 Å². The van der Waals surface area contributed by atoms with E-state index in [1.54, 1.807) is 6.07 Å². The zero-order chi connectivity index (χ0) is 23.8. The highest BCUT2D eigenvalue weighted by molar-refractivity contribution is 7.17. The zero-order valence-corrected chi connectivity index (χ0v) is 19.5. The fourth-order valence-electron chi connectivity index (χ4n) is 4.10. The molecule has 2 unspecified atom stereocenters. The molecule has 7 nitrogen and oxygen atoms in total. The fourth-order valence-corrected chi connectivity index (χ4v) is 5.14. The Balaban J connectivity index is 1.68. The van der Waals surface area contributed by atoms with Gasteiger partial charge in [0.15, 0.2) is 11.6 Å². The molecule has 0 bridgehead atoms. The van der Waals surface area contributed by atoms with E-state index in [2.05, 4.69) is 10.1 Å². The lowest BCUT2D eigenvalue weighted by Gasteiger charge is -2.21. The Bertz CT molecular complexity index is 1450. The third-order valence-electron chi connectivity index (χ3n) is 5.85. The van der Waals surface area contributed by atoms with Gasteiger partial charge in [-0.2, -0.15) is 0 Å². The molecule has 5 rings (SSSR count). The van der Waals surface area contributed by atoms with Crippen LogP contribution in [0.4, 0.5) is 4.39 Å². The van der Waals surface area contributed by atoms with Gasteiger partial charge in [0.2, 0.25) is 0 Å². The van der Waals surface area contributed by atoms with Gasteiger partial charge in [0.1, 0.15) is 5.76 Å². The molecule has 5 aromatic rings. The van der Waals surface area contributed by atoms with Crippen molar-refractivity contribution in [3.8, 4) is 22.5 Å². The number of aryl methyl sites for hydroxylation is 2. The first kappa shape index (κ1) is 22.3. The number of hydrogen-bond acceptors (Lipinski definition) is 8. The molecule has 172 valence electrons. The number of nitrogens with two attached hydrogens (primary N) is 2. The average molecular weight is 475 g/mol. The Morgan fingerprint density at radius 3 is 2.56 bits per heavy atom. The van der Waals surface area contributed by atoms with Crippen molar-refractivity contribution in [2.75, 3.05) is 0 Å². The molecule has 34 heavy (non-hydrogen) atoms. The second-order valence-electron chi connectivity index (χ2n) is 8.19. The molecule has 1 aromatic carbocycles. The highest BCUT2D eigenvalue weighted by Crippen LogP contribution is 2.40. The maximum absolute atomic E-state index is 14.7. The van der Waals surface area contributed by atoms with Crippen LogP contribution in [-0.2, 0) is 6.42 Å². The molecule has 0 aliphatic carbocycles. The Morgan fingerprint density at radius 2 is 1.85 bits per heavy atom. The SMILES string of the molecule is Cc1noc(C)c1-c1csc2c(C(N)C(N)Cc3ccccc3)nc(-c3ccncc3F)nc12. The molecule has 0 saturated carbocycles. The molecule has 0 saturated heterocycles. The molecule has 4 N–H and O–H groups in total. The van der Waals surface area contributed by atoms with Gasteiger partial charge in [0, 0.05) is 23.2 Å². The number of benzene rings is 1. The maximum atomic E-state index is 14.7. The number of halogens is 1. The van der Waals surface area contributed by atoms with Gasteiger partial charge in [-0.15, -0.1) is 11.3 Å². The maximum Gasteiger partial charge on any atom is 0.163 e. The Labute approximate surface area is 199 Å². The summed E-state index contributed by atoms with van der Waals surface area (Å²) in [6, 6.07) is 10.5. The van der Waals surface area contributed by atoms with Gasteiger partial charge in [-0.05, 0) is 31.9 Å². The molecular formula is C25H23FN6OS. The van der Waals surface area contributed by atoms with E-state index in [9.17, 15) is 4.39 Å². The predicted octanol–water partition coefficient (Wildman–Crippen LogP) is 4.73. The minimum absolute atomic E-state index is 0.233. The van der Waals surface area contributed by atoms with Crippen LogP contribution >= 0.6 is 11.3 Å². The lowest BCUT2D eigenvalue weighted by atomic mass is 9.97. The van der Waals surface area contributed by atoms with Gasteiger partial charge in [-0.1, -0.05) is 35.5 Å². The molecular weight excluding hydrogens is 451 g/mol. The number of nitrogens with zero attached hydrogens (tertiary/aromatic N) is 4. The second-order valence-corrected chi connectivity index (χ2v) is 9.07. The topological polar surface area (TPSA) is 117 Å². The van der Waals surface area contributed by atoms with Gasteiger partial charge >= 0.3 is 0 Å². The van der Waals surface area contributed by atoms with Crippen LogP contribution in [0.25, 0.3) is 32.7 Å². The summed E-state index contributed by atoms with van der Waals surface area (Å²) >= 11 is 1.48. The van der Waals surface area contributed by atoms with E-state index in [0.717, 1.165) is 33.3 Å². The third-order valence-corrected chi connectivity index (χ3v) is 6.84. The molecule has 0 amide bonds. The van der Waals surface area contributed by atoms with E-state index >= 15 is 0 Å². The number of hydrogen-bond donors (Lipinski definition) is 2.